The van der Waals surface area contributed by atoms with Crippen LogP contribution in [0.4, 0.5) is 0 Å². The maximum absolute atomic E-state index is 11.2. The van der Waals surface area contributed by atoms with Gasteiger partial charge in [-0.15, -0.1) is 0 Å². The van der Waals surface area contributed by atoms with Crippen LogP contribution in [-0.2, 0) is 0 Å². The summed E-state index contributed by atoms with van der Waals surface area (Å²) < 4.78 is 5.61. The maximum Gasteiger partial charge on any atom is 0.339 e. The van der Waals surface area contributed by atoms with Gasteiger partial charge in [-0.2, -0.15) is 0 Å². The van der Waals surface area contributed by atoms with Crippen molar-refractivity contribution in [1.82, 2.24) is 0 Å². The highest BCUT2D eigenvalue weighted by Crippen LogP contribution is 2.31. The first kappa shape index (κ1) is 13.7. The molecule has 0 fully saturated rings. The lowest BCUT2D eigenvalue weighted by atomic mass is 10.2. The minimum atomic E-state index is -1.10. The van der Waals surface area contributed by atoms with Gasteiger partial charge >= 0.3 is 5.97 Å². The molecular weight excluding hydrogens is 287 g/mol. The number of aryl methyl sites for hydroxylation is 1. The first-order valence-corrected chi connectivity index (χ1v) is 6.20. The summed E-state index contributed by atoms with van der Waals surface area (Å²) in [5.74, 6) is -0.364. The van der Waals surface area contributed by atoms with Crippen LogP contribution >= 0.6 is 23.2 Å². The molecular formula is C14H10Cl2O3. The number of aromatic carboxylic acids is 1. The molecule has 2 aromatic rings. The molecule has 19 heavy (non-hydrogen) atoms. The number of carbonyl (C=O) groups is 1. The van der Waals surface area contributed by atoms with Crippen LogP contribution in [0.1, 0.15) is 15.9 Å². The summed E-state index contributed by atoms with van der Waals surface area (Å²) in [6.07, 6.45) is 0. The van der Waals surface area contributed by atoms with Crippen LogP contribution in [0.2, 0.25) is 10.0 Å². The minimum absolute atomic E-state index is 0.00637. The molecule has 0 amide bonds. The Hall–Kier alpha value is -1.71. The van der Waals surface area contributed by atoms with E-state index < -0.39 is 5.97 Å². The Kier molecular flexibility index (Phi) is 3.98. The Morgan fingerprint density at radius 1 is 1.05 bits per heavy atom. The van der Waals surface area contributed by atoms with Gasteiger partial charge in [0.25, 0.3) is 0 Å². The molecule has 0 saturated heterocycles. The van der Waals surface area contributed by atoms with Gasteiger partial charge in [-0.1, -0.05) is 29.3 Å². The molecule has 98 valence electrons. The molecule has 2 rings (SSSR count). The van der Waals surface area contributed by atoms with E-state index in [9.17, 15) is 4.79 Å². The van der Waals surface area contributed by atoms with E-state index in [2.05, 4.69) is 0 Å². The molecule has 0 atom stereocenters. The smallest absolute Gasteiger partial charge is 0.339 e. The van der Waals surface area contributed by atoms with E-state index in [4.69, 9.17) is 33.0 Å². The number of rotatable bonds is 3. The van der Waals surface area contributed by atoms with E-state index in [1.807, 2.05) is 6.92 Å². The van der Waals surface area contributed by atoms with Crippen molar-refractivity contribution in [2.75, 3.05) is 0 Å². The van der Waals surface area contributed by atoms with Gasteiger partial charge in [-0.25, -0.2) is 4.79 Å². The fourth-order valence-corrected chi connectivity index (χ4v) is 1.89. The van der Waals surface area contributed by atoms with Crippen LogP contribution in [0, 0.1) is 6.92 Å². The molecule has 5 heteroatoms. The Labute approximate surface area is 120 Å². The molecule has 0 radical (unpaired) electrons. The minimum Gasteiger partial charge on any atom is -0.478 e. The fourth-order valence-electron chi connectivity index (χ4n) is 1.56. The van der Waals surface area contributed by atoms with Crippen LogP contribution in [0.5, 0.6) is 11.5 Å². The van der Waals surface area contributed by atoms with Crippen molar-refractivity contribution in [1.29, 1.82) is 0 Å². The number of carboxylic acids is 1. The Balaban J connectivity index is 2.43. The summed E-state index contributed by atoms with van der Waals surface area (Å²) in [6, 6.07) is 9.61. The SMILES string of the molecule is Cc1ccc(Cl)cc1Oc1ccc(Cl)cc1C(=O)O. The quantitative estimate of drug-likeness (QED) is 0.885. The van der Waals surface area contributed by atoms with Gasteiger partial charge in [-0.05, 0) is 42.8 Å². The topological polar surface area (TPSA) is 46.5 Å². The molecule has 0 unspecified atom stereocenters. The fraction of sp³-hybridized carbons (Fsp3) is 0.0714. The molecule has 0 saturated carbocycles. The van der Waals surface area contributed by atoms with E-state index in [0.717, 1.165) is 5.56 Å². The van der Waals surface area contributed by atoms with Crippen LogP contribution in [0.25, 0.3) is 0 Å². The number of carboxylic acid groups (broad SMARTS) is 1. The molecule has 0 aliphatic rings. The molecule has 0 heterocycles. The average molecular weight is 297 g/mol. The number of hydrogen-bond donors (Lipinski definition) is 1. The molecule has 3 nitrogen and oxygen atoms in total. The predicted molar refractivity (Wildman–Crippen MR) is 74.7 cm³/mol. The highest BCUT2D eigenvalue weighted by molar-refractivity contribution is 6.31. The first-order valence-electron chi connectivity index (χ1n) is 5.44. The van der Waals surface area contributed by atoms with E-state index in [1.165, 1.54) is 12.1 Å². The van der Waals surface area contributed by atoms with Crippen molar-refractivity contribution in [2.24, 2.45) is 0 Å². The number of hydrogen-bond acceptors (Lipinski definition) is 2. The lowest BCUT2D eigenvalue weighted by Crippen LogP contribution is -2.00. The molecule has 0 aromatic heterocycles. The van der Waals surface area contributed by atoms with Crippen molar-refractivity contribution in [2.45, 2.75) is 6.92 Å². The first-order chi connectivity index (χ1) is 8.97. The van der Waals surface area contributed by atoms with Crippen LogP contribution in [0.3, 0.4) is 0 Å². The van der Waals surface area contributed by atoms with Gasteiger partial charge in [0.05, 0.1) is 0 Å². The second-order valence-corrected chi connectivity index (χ2v) is 4.83. The van der Waals surface area contributed by atoms with Crippen molar-refractivity contribution >= 4 is 29.2 Å². The molecule has 0 aliphatic carbocycles. The van der Waals surface area contributed by atoms with Gasteiger partial charge in [0.15, 0.2) is 0 Å². The number of halogens is 2. The molecule has 0 aliphatic heterocycles. The zero-order valence-corrected chi connectivity index (χ0v) is 11.5. The lowest BCUT2D eigenvalue weighted by molar-refractivity contribution is 0.0694. The summed E-state index contributed by atoms with van der Waals surface area (Å²) >= 11 is 11.7. The number of ether oxygens (including phenoxy) is 1. The zero-order valence-electron chi connectivity index (χ0n) is 9.98. The second kappa shape index (κ2) is 5.51. The van der Waals surface area contributed by atoms with E-state index in [-0.39, 0.29) is 11.3 Å². The Morgan fingerprint density at radius 2 is 1.68 bits per heavy atom. The van der Waals surface area contributed by atoms with Gasteiger partial charge in [0.1, 0.15) is 17.1 Å². The molecule has 0 bridgehead atoms. The zero-order chi connectivity index (χ0) is 14.0. The largest absolute Gasteiger partial charge is 0.478 e. The summed E-state index contributed by atoms with van der Waals surface area (Å²) in [5, 5.41) is 9.99. The standard InChI is InChI=1S/C14H10Cl2O3/c1-8-2-3-10(16)7-13(8)19-12-5-4-9(15)6-11(12)14(17)18/h2-7H,1H3,(H,17,18). The van der Waals surface area contributed by atoms with Crippen molar-refractivity contribution in [3.05, 3.63) is 57.6 Å². The summed E-state index contributed by atoms with van der Waals surface area (Å²) in [4.78, 5) is 11.2. The molecule has 0 spiro atoms. The Morgan fingerprint density at radius 3 is 2.37 bits per heavy atom. The third-order valence-electron chi connectivity index (χ3n) is 2.54. The Bertz CT molecular complexity index is 639. The highest BCUT2D eigenvalue weighted by atomic mass is 35.5. The summed E-state index contributed by atoms with van der Waals surface area (Å²) in [7, 11) is 0. The van der Waals surface area contributed by atoms with E-state index >= 15 is 0 Å². The average Bonchev–Trinajstić information content (AvgIpc) is 2.35. The van der Waals surface area contributed by atoms with Crippen molar-refractivity contribution in [3.63, 3.8) is 0 Å². The summed E-state index contributed by atoms with van der Waals surface area (Å²) in [5.41, 5.74) is 0.863. The van der Waals surface area contributed by atoms with Crippen LogP contribution < -0.4 is 4.74 Å². The van der Waals surface area contributed by atoms with Crippen LogP contribution in [0.15, 0.2) is 36.4 Å². The predicted octanol–water partition coefficient (Wildman–Crippen LogP) is 4.79. The van der Waals surface area contributed by atoms with Crippen molar-refractivity contribution < 1.29 is 14.6 Å². The lowest BCUT2D eigenvalue weighted by Gasteiger charge is -2.11. The second-order valence-electron chi connectivity index (χ2n) is 3.96. The maximum atomic E-state index is 11.2. The van der Waals surface area contributed by atoms with Gasteiger partial charge < -0.3 is 9.84 Å². The van der Waals surface area contributed by atoms with E-state index in [0.29, 0.717) is 15.8 Å². The van der Waals surface area contributed by atoms with Crippen molar-refractivity contribution in [3.8, 4) is 11.5 Å². The van der Waals surface area contributed by atoms with Gasteiger partial charge in [0, 0.05) is 10.0 Å². The van der Waals surface area contributed by atoms with E-state index in [1.54, 1.807) is 24.3 Å². The van der Waals surface area contributed by atoms with Crippen LogP contribution in [-0.4, -0.2) is 11.1 Å². The third-order valence-corrected chi connectivity index (χ3v) is 3.01. The molecule has 1 N–H and O–H groups in total. The van der Waals surface area contributed by atoms with Gasteiger partial charge in [0.2, 0.25) is 0 Å². The summed E-state index contributed by atoms with van der Waals surface area (Å²) in [6.45, 7) is 1.85. The monoisotopic (exact) mass is 296 g/mol. The normalized spacial score (nSPS) is 10.3. The van der Waals surface area contributed by atoms with Gasteiger partial charge in [-0.3, -0.25) is 0 Å². The highest BCUT2D eigenvalue weighted by Gasteiger charge is 2.13. The number of benzene rings is 2. The third kappa shape index (κ3) is 3.19. The molecule has 2 aromatic carbocycles.